The summed E-state index contributed by atoms with van der Waals surface area (Å²) >= 11 is 0. The summed E-state index contributed by atoms with van der Waals surface area (Å²) in [6.45, 7) is 0. The largest absolute Gasteiger partial charge is 2.00 e. The predicted octanol–water partition coefficient (Wildman–Crippen LogP) is -0.233. The van der Waals surface area contributed by atoms with E-state index in [0.717, 1.165) is 0 Å². The van der Waals surface area contributed by atoms with Gasteiger partial charge in [-0.3, -0.25) is 9.11 Å². The fraction of sp³-hybridized carbons (Fsp3) is 0. The van der Waals surface area contributed by atoms with Gasteiger partial charge in [-0.15, -0.1) is 17.0 Å². The summed E-state index contributed by atoms with van der Waals surface area (Å²) in [6, 6.07) is 0. The maximum absolute atomic E-state index is 8.74. The quantitative estimate of drug-likeness (QED) is 0.473. The van der Waals surface area contributed by atoms with Crippen molar-refractivity contribution in [3.05, 3.63) is 0 Å². The van der Waals surface area contributed by atoms with Gasteiger partial charge in [0.1, 0.15) is 0 Å². The molecule has 0 rings (SSSR count). The SMILES string of the molecule is Br.O=S(=O)(O)O.[Ca+2].[H-].[H-].[Mn]. The third-order valence-corrected chi connectivity index (χ3v) is 0. The van der Waals surface area contributed by atoms with E-state index in [0.29, 0.717) is 0 Å². The minimum absolute atomic E-state index is 0. The standard InChI is InChI=1S/BrH.Ca.Mn.H2O4S.2H/c;;;1-5(2,3)4;;/h1H;;;(H2,1,2,3,4);;/q;+2;;;2*-1. The van der Waals surface area contributed by atoms with E-state index in [4.69, 9.17) is 17.5 Å². The second-order valence-electron chi connectivity index (χ2n) is 0.448. The first-order chi connectivity index (χ1) is 2.00. The first kappa shape index (κ1) is 22.5. The minimum atomic E-state index is -4.67. The van der Waals surface area contributed by atoms with Gasteiger partial charge in [0.15, 0.2) is 0 Å². The Bertz CT molecular complexity index is 106. The van der Waals surface area contributed by atoms with E-state index >= 15 is 0 Å². The zero-order valence-corrected chi connectivity index (χ0v) is 9.53. The third-order valence-electron chi connectivity index (χ3n) is 0. The van der Waals surface area contributed by atoms with Crippen molar-refractivity contribution in [3.8, 4) is 0 Å². The molecular weight excluding hydrogens is 271 g/mol. The maximum atomic E-state index is 8.74. The van der Waals surface area contributed by atoms with Crippen LogP contribution >= 0.6 is 17.0 Å². The Morgan fingerprint density at radius 3 is 1.25 bits per heavy atom. The van der Waals surface area contributed by atoms with Crippen LogP contribution in [0.15, 0.2) is 0 Å². The minimum Gasteiger partial charge on any atom is -1.00 e. The van der Waals surface area contributed by atoms with Crippen LogP contribution < -0.4 is 0 Å². The van der Waals surface area contributed by atoms with Crippen molar-refractivity contribution in [2.75, 3.05) is 0 Å². The normalized spacial score (nSPS) is 7.25. The molecule has 2 N–H and O–H groups in total. The van der Waals surface area contributed by atoms with E-state index in [-0.39, 0.29) is 74.6 Å². The van der Waals surface area contributed by atoms with Crippen LogP contribution in [0.1, 0.15) is 2.85 Å². The molecule has 0 aliphatic carbocycles. The summed E-state index contributed by atoms with van der Waals surface area (Å²) in [6.07, 6.45) is 0. The van der Waals surface area contributed by atoms with Crippen LogP contribution in [0.5, 0.6) is 0 Å². The van der Waals surface area contributed by atoms with Gasteiger partial charge in [0.25, 0.3) is 0 Å². The second-order valence-corrected chi connectivity index (χ2v) is 1.34. The van der Waals surface area contributed by atoms with Gasteiger partial charge in [0, 0.05) is 17.1 Å². The molecule has 0 aromatic rings. The van der Waals surface area contributed by atoms with Crippen molar-refractivity contribution in [3.63, 3.8) is 0 Å². The van der Waals surface area contributed by atoms with Gasteiger partial charge in [0.2, 0.25) is 0 Å². The first-order valence-electron chi connectivity index (χ1n) is 0.698. The Morgan fingerprint density at radius 2 is 1.25 bits per heavy atom. The van der Waals surface area contributed by atoms with E-state index in [1.54, 1.807) is 0 Å². The molecule has 0 aromatic carbocycles. The summed E-state index contributed by atoms with van der Waals surface area (Å²) < 4.78 is 31.6. The fourth-order valence-corrected chi connectivity index (χ4v) is 0. The molecule has 0 spiro atoms. The number of rotatable bonds is 0. The van der Waals surface area contributed by atoms with Crippen molar-refractivity contribution < 1.29 is 37.4 Å². The molecule has 0 atom stereocenters. The molecule has 0 heterocycles. The van der Waals surface area contributed by atoms with E-state index in [1.807, 2.05) is 0 Å². The Balaban J connectivity index is -0.00000000800. The van der Waals surface area contributed by atoms with Crippen LogP contribution in [-0.2, 0) is 27.5 Å². The molecule has 0 bridgehead atoms. The van der Waals surface area contributed by atoms with Gasteiger partial charge < -0.3 is 2.85 Å². The van der Waals surface area contributed by atoms with Gasteiger partial charge in [-0.2, -0.15) is 8.42 Å². The van der Waals surface area contributed by atoms with Crippen LogP contribution in [0.4, 0.5) is 0 Å². The molecule has 0 fully saturated rings. The van der Waals surface area contributed by atoms with Gasteiger partial charge in [-0.25, -0.2) is 0 Å². The fourth-order valence-electron chi connectivity index (χ4n) is 0. The smallest absolute Gasteiger partial charge is 1.00 e. The zero-order chi connectivity index (χ0) is 4.50. The van der Waals surface area contributed by atoms with Crippen LogP contribution in [0, 0.1) is 0 Å². The molecule has 8 heteroatoms. The molecule has 51 valence electrons. The summed E-state index contributed by atoms with van der Waals surface area (Å²) in [7, 11) is -4.67. The molecule has 0 saturated carbocycles. The summed E-state index contributed by atoms with van der Waals surface area (Å²) in [5.41, 5.74) is 0. The van der Waals surface area contributed by atoms with Crippen LogP contribution in [0.3, 0.4) is 0 Å². The second kappa shape index (κ2) is 9.13. The van der Waals surface area contributed by atoms with Crippen LogP contribution in [0.2, 0.25) is 0 Å². The molecule has 8 heavy (non-hydrogen) atoms. The van der Waals surface area contributed by atoms with Gasteiger partial charge in [-0.1, -0.05) is 0 Å². The Hall–Kier alpha value is 2.13. The Labute approximate surface area is 101 Å². The van der Waals surface area contributed by atoms with E-state index < -0.39 is 10.4 Å². The molecular formula is H5BrCaMnO4S. The number of hydrogen-bond donors (Lipinski definition) is 2. The first-order valence-corrected chi connectivity index (χ1v) is 2.10. The van der Waals surface area contributed by atoms with Crippen molar-refractivity contribution in [2.24, 2.45) is 0 Å². The summed E-state index contributed by atoms with van der Waals surface area (Å²) in [4.78, 5) is 0. The molecule has 0 amide bonds. The Morgan fingerprint density at radius 1 is 1.25 bits per heavy atom. The van der Waals surface area contributed by atoms with Gasteiger partial charge in [-0.05, 0) is 0 Å². The Kier molecular flexibility index (Phi) is 25.6. The van der Waals surface area contributed by atoms with Crippen LogP contribution in [-0.4, -0.2) is 55.3 Å². The molecule has 1 radical (unpaired) electrons. The topological polar surface area (TPSA) is 74.6 Å². The predicted molar refractivity (Wildman–Crippen MR) is 32.5 cm³/mol. The van der Waals surface area contributed by atoms with Gasteiger partial charge in [0.05, 0.1) is 0 Å². The molecule has 4 nitrogen and oxygen atoms in total. The van der Waals surface area contributed by atoms with Crippen molar-refractivity contribution in [1.82, 2.24) is 0 Å². The summed E-state index contributed by atoms with van der Waals surface area (Å²) in [5.74, 6) is 0. The van der Waals surface area contributed by atoms with Gasteiger partial charge >= 0.3 is 48.1 Å². The van der Waals surface area contributed by atoms with Crippen LogP contribution in [0.25, 0.3) is 0 Å². The summed E-state index contributed by atoms with van der Waals surface area (Å²) in [5, 5.41) is 0. The number of halogens is 1. The average Bonchev–Trinajstić information content (AvgIpc) is 0.722. The number of hydrogen-bond acceptors (Lipinski definition) is 2. The molecule has 0 unspecified atom stereocenters. The third kappa shape index (κ3) is 91.1. The van der Waals surface area contributed by atoms with E-state index in [1.165, 1.54) is 0 Å². The van der Waals surface area contributed by atoms with Crippen molar-refractivity contribution in [2.45, 2.75) is 0 Å². The maximum Gasteiger partial charge on any atom is 2.00 e. The molecule has 0 aliphatic heterocycles. The van der Waals surface area contributed by atoms with E-state index in [2.05, 4.69) is 0 Å². The molecule has 0 aromatic heterocycles. The van der Waals surface area contributed by atoms with Crippen molar-refractivity contribution in [1.29, 1.82) is 0 Å². The monoisotopic (exact) mass is 275 g/mol. The molecule has 0 saturated heterocycles. The zero-order valence-electron chi connectivity index (χ0n) is 5.61. The molecule has 0 aliphatic rings. The van der Waals surface area contributed by atoms with Crippen molar-refractivity contribution >= 4 is 65.1 Å². The average molecular weight is 276 g/mol. The van der Waals surface area contributed by atoms with E-state index in [9.17, 15) is 0 Å².